The first kappa shape index (κ1) is 27.4. The quantitative estimate of drug-likeness (QED) is 0.194. The molecule has 8 nitrogen and oxygen atoms in total. The molecule has 2 heterocycles. The van der Waals surface area contributed by atoms with Crippen LogP contribution < -0.4 is 9.47 Å². The van der Waals surface area contributed by atoms with E-state index in [1.807, 2.05) is 19.1 Å². The normalized spacial score (nSPS) is 19.5. The number of carbonyl (C=O) groups is 2. The van der Waals surface area contributed by atoms with Gasteiger partial charge in [-0.25, -0.2) is 0 Å². The van der Waals surface area contributed by atoms with Crippen molar-refractivity contribution in [1.82, 2.24) is 9.80 Å². The number of hydrogen-bond acceptors (Lipinski definition) is 7. The van der Waals surface area contributed by atoms with Crippen molar-refractivity contribution in [3.05, 3.63) is 77.9 Å². The number of rotatable bonds is 12. The number of Topliss-reactive ketones (excluding diaryl/α,β-unsaturated/α-hetero) is 1. The molecular formula is C30H36N2O6. The highest BCUT2D eigenvalue weighted by Crippen LogP contribution is 2.40. The Balaban J connectivity index is 1.63. The first-order valence-electron chi connectivity index (χ1n) is 13.2. The van der Waals surface area contributed by atoms with Crippen molar-refractivity contribution in [3.63, 3.8) is 0 Å². The van der Waals surface area contributed by atoms with Gasteiger partial charge in [-0.2, -0.15) is 0 Å². The number of ether oxygens (including phenoxy) is 3. The molecule has 2 saturated heterocycles. The summed E-state index contributed by atoms with van der Waals surface area (Å²) in [5.74, 6) is -0.150. The average Bonchev–Trinajstić information content (AvgIpc) is 3.21. The Hall–Kier alpha value is -3.62. The van der Waals surface area contributed by atoms with Gasteiger partial charge in [-0.1, -0.05) is 31.7 Å². The summed E-state index contributed by atoms with van der Waals surface area (Å²) >= 11 is 0. The van der Waals surface area contributed by atoms with Gasteiger partial charge in [-0.15, -0.1) is 0 Å². The Bertz CT molecular complexity index is 1140. The largest absolute Gasteiger partial charge is 0.507 e. The van der Waals surface area contributed by atoms with E-state index in [9.17, 15) is 14.7 Å². The van der Waals surface area contributed by atoms with E-state index in [2.05, 4.69) is 11.5 Å². The number of morpholine rings is 1. The monoisotopic (exact) mass is 520 g/mol. The van der Waals surface area contributed by atoms with Gasteiger partial charge in [0.15, 0.2) is 0 Å². The number of carbonyl (C=O) groups excluding carboxylic acids is 2. The predicted octanol–water partition coefficient (Wildman–Crippen LogP) is 4.18. The van der Waals surface area contributed by atoms with E-state index in [1.165, 1.54) is 0 Å². The minimum absolute atomic E-state index is 0.0864. The molecule has 2 aromatic rings. The van der Waals surface area contributed by atoms with E-state index in [4.69, 9.17) is 14.2 Å². The summed E-state index contributed by atoms with van der Waals surface area (Å²) in [6, 6.07) is 13.5. The number of amides is 1. The van der Waals surface area contributed by atoms with Gasteiger partial charge in [0.1, 0.15) is 23.9 Å². The number of hydrogen-bond donors (Lipinski definition) is 1. The lowest BCUT2D eigenvalue weighted by molar-refractivity contribution is -0.140. The van der Waals surface area contributed by atoms with Crippen molar-refractivity contribution in [2.45, 2.75) is 25.8 Å². The number of aliphatic hydroxyl groups is 1. The van der Waals surface area contributed by atoms with Gasteiger partial charge in [-0.05, 0) is 54.8 Å². The molecule has 1 amide bonds. The summed E-state index contributed by atoms with van der Waals surface area (Å²) in [7, 11) is 0. The Morgan fingerprint density at radius 3 is 2.34 bits per heavy atom. The smallest absolute Gasteiger partial charge is 0.295 e. The molecule has 202 valence electrons. The lowest BCUT2D eigenvalue weighted by Gasteiger charge is -2.29. The molecule has 2 aromatic carbocycles. The third-order valence-corrected chi connectivity index (χ3v) is 6.68. The van der Waals surface area contributed by atoms with E-state index in [0.717, 1.165) is 31.6 Å². The highest BCUT2D eigenvalue weighted by molar-refractivity contribution is 6.46. The molecule has 0 unspecified atom stereocenters. The minimum Gasteiger partial charge on any atom is -0.507 e. The van der Waals surface area contributed by atoms with Crippen LogP contribution in [0.2, 0.25) is 0 Å². The highest BCUT2D eigenvalue weighted by Gasteiger charge is 2.45. The SMILES string of the molecule is C=CCOc1ccc([C@H]2C(=C(O)c3ccc(OCCC)cc3)C(=O)C(=O)N2CCCN2CCOCC2)cc1. The number of benzene rings is 2. The van der Waals surface area contributed by atoms with Gasteiger partial charge >= 0.3 is 0 Å². The zero-order valence-corrected chi connectivity index (χ0v) is 21.9. The van der Waals surface area contributed by atoms with Gasteiger partial charge in [0.25, 0.3) is 11.7 Å². The maximum atomic E-state index is 13.3. The molecule has 2 fully saturated rings. The lowest BCUT2D eigenvalue weighted by atomic mass is 9.95. The van der Waals surface area contributed by atoms with Crippen molar-refractivity contribution in [3.8, 4) is 11.5 Å². The van der Waals surface area contributed by atoms with Crippen molar-refractivity contribution in [2.24, 2.45) is 0 Å². The zero-order valence-electron chi connectivity index (χ0n) is 21.9. The van der Waals surface area contributed by atoms with Crippen LogP contribution in [0.4, 0.5) is 0 Å². The predicted molar refractivity (Wildman–Crippen MR) is 145 cm³/mol. The van der Waals surface area contributed by atoms with Crippen molar-refractivity contribution < 1.29 is 28.9 Å². The topological polar surface area (TPSA) is 88.5 Å². The first-order chi connectivity index (χ1) is 18.5. The van der Waals surface area contributed by atoms with E-state index >= 15 is 0 Å². The standard InChI is InChI=1S/C30H36N2O6/c1-3-18-37-24-10-6-22(7-11-24)27-26(28(33)23-8-12-25(13-9-23)38-19-4-2)29(34)30(35)32(27)15-5-14-31-16-20-36-21-17-31/h3,6-13,27,33H,1,4-5,14-21H2,2H3/t27-/m0/s1. The zero-order chi connectivity index (χ0) is 26.9. The molecule has 0 radical (unpaired) electrons. The maximum absolute atomic E-state index is 13.3. The third-order valence-electron chi connectivity index (χ3n) is 6.68. The Kier molecular flexibility index (Phi) is 9.56. The molecule has 4 rings (SSSR count). The second kappa shape index (κ2) is 13.3. The van der Waals surface area contributed by atoms with Gasteiger partial charge in [0.2, 0.25) is 0 Å². The van der Waals surface area contributed by atoms with Crippen LogP contribution in [-0.4, -0.2) is 79.2 Å². The molecule has 0 saturated carbocycles. The first-order valence-corrected chi connectivity index (χ1v) is 13.2. The molecule has 0 aromatic heterocycles. The van der Waals surface area contributed by atoms with E-state index in [0.29, 0.717) is 56.5 Å². The fraction of sp³-hybridized carbons (Fsp3) is 0.400. The van der Waals surface area contributed by atoms with Crippen LogP contribution in [0.15, 0.2) is 66.8 Å². The average molecular weight is 521 g/mol. The van der Waals surface area contributed by atoms with Crippen molar-refractivity contribution in [1.29, 1.82) is 0 Å². The van der Waals surface area contributed by atoms with Crippen molar-refractivity contribution >= 4 is 17.4 Å². The van der Waals surface area contributed by atoms with Crippen LogP contribution in [0, 0.1) is 0 Å². The third kappa shape index (κ3) is 6.44. The molecule has 1 atom stereocenters. The summed E-state index contributed by atoms with van der Waals surface area (Å²) in [4.78, 5) is 30.4. The Labute approximate surface area is 224 Å². The summed E-state index contributed by atoms with van der Waals surface area (Å²) in [5, 5.41) is 11.3. The van der Waals surface area contributed by atoms with Gasteiger partial charge < -0.3 is 24.2 Å². The molecule has 0 bridgehead atoms. The van der Waals surface area contributed by atoms with Gasteiger partial charge in [0, 0.05) is 31.7 Å². The van der Waals surface area contributed by atoms with E-state index in [1.54, 1.807) is 47.4 Å². The molecule has 0 spiro atoms. The second-order valence-corrected chi connectivity index (χ2v) is 9.34. The van der Waals surface area contributed by atoms with Gasteiger partial charge in [-0.3, -0.25) is 14.5 Å². The fourth-order valence-electron chi connectivity index (χ4n) is 4.73. The van der Waals surface area contributed by atoms with E-state index in [-0.39, 0.29) is 11.3 Å². The van der Waals surface area contributed by atoms with Crippen LogP contribution in [-0.2, 0) is 14.3 Å². The minimum atomic E-state index is -0.704. The molecule has 0 aliphatic carbocycles. The summed E-state index contributed by atoms with van der Waals surface area (Å²) in [5.41, 5.74) is 1.27. The highest BCUT2D eigenvalue weighted by atomic mass is 16.5. The molecular weight excluding hydrogens is 484 g/mol. The second-order valence-electron chi connectivity index (χ2n) is 9.34. The van der Waals surface area contributed by atoms with Crippen LogP contribution >= 0.6 is 0 Å². The Morgan fingerprint density at radius 1 is 1.03 bits per heavy atom. The molecule has 1 N–H and O–H groups in total. The van der Waals surface area contributed by atoms with Crippen LogP contribution in [0.5, 0.6) is 11.5 Å². The van der Waals surface area contributed by atoms with Crippen LogP contribution in [0.25, 0.3) is 5.76 Å². The Morgan fingerprint density at radius 2 is 1.68 bits per heavy atom. The van der Waals surface area contributed by atoms with Gasteiger partial charge in [0.05, 0.1) is 31.4 Å². The summed E-state index contributed by atoms with van der Waals surface area (Å²) in [6.45, 7) is 11.0. The fourth-order valence-corrected chi connectivity index (χ4v) is 4.73. The number of nitrogens with zero attached hydrogens (tertiary/aromatic N) is 2. The lowest BCUT2D eigenvalue weighted by Crippen LogP contribution is -2.38. The summed E-state index contributed by atoms with van der Waals surface area (Å²) in [6.07, 6.45) is 3.25. The molecule has 2 aliphatic rings. The number of aliphatic hydroxyl groups excluding tert-OH is 1. The van der Waals surface area contributed by atoms with Crippen LogP contribution in [0.1, 0.15) is 36.9 Å². The van der Waals surface area contributed by atoms with E-state index < -0.39 is 17.7 Å². The maximum Gasteiger partial charge on any atom is 0.295 e. The summed E-state index contributed by atoms with van der Waals surface area (Å²) < 4.78 is 16.7. The molecule has 8 heteroatoms. The van der Waals surface area contributed by atoms with Crippen LogP contribution in [0.3, 0.4) is 0 Å². The number of ketones is 1. The molecule has 38 heavy (non-hydrogen) atoms. The number of likely N-dealkylation sites (tertiary alicyclic amines) is 1. The molecule has 2 aliphatic heterocycles. The van der Waals surface area contributed by atoms with Crippen molar-refractivity contribution in [2.75, 3.05) is 52.6 Å².